The Labute approximate surface area is 169 Å². The number of amides is 3. The molecule has 154 valence electrons. The normalized spacial score (nSPS) is 13.5. The predicted octanol–water partition coefficient (Wildman–Crippen LogP) is 2.21. The van der Waals surface area contributed by atoms with Gasteiger partial charge in [-0.3, -0.25) is 4.79 Å². The molecule has 1 aliphatic rings. The van der Waals surface area contributed by atoms with E-state index in [9.17, 15) is 9.59 Å². The van der Waals surface area contributed by atoms with Crippen LogP contribution in [0.15, 0.2) is 36.5 Å². The van der Waals surface area contributed by atoms with Gasteiger partial charge in [-0.2, -0.15) is 0 Å². The van der Waals surface area contributed by atoms with Crippen LogP contribution in [0.1, 0.15) is 12.5 Å². The van der Waals surface area contributed by atoms with E-state index >= 15 is 0 Å². The number of methoxy groups -OCH3 is 1. The highest BCUT2D eigenvalue weighted by Gasteiger charge is 2.13. The number of carbonyl (C=O) groups excluding carboxylic acids is 2. The van der Waals surface area contributed by atoms with Crippen LogP contribution in [0.2, 0.25) is 0 Å². The number of pyridine rings is 1. The highest BCUT2D eigenvalue weighted by molar-refractivity contribution is 5.93. The largest absolute Gasteiger partial charge is 0.494 e. The van der Waals surface area contributed by atoms with Crippen LogP contribution in [0.3, 0.4) is 0 Å². The first-order valence-electron chi connectivity index (χ1n) is 9.33. The summed E-state index contributed by atoms with van der Waals surface area (Å²) in [5.41, 5.74) is 2.05. The molecule has 1 aromatic carbocycles. The number of morpholine rings is 1. The first-order valence-corrected chi connectivity index (χ1v) is 9.33. The molecule has 9 nitrogen and oxygen atoms in total. The second kappa shape index (κ2) is 9.74. The Balaban J connectivity index is 1.56. The van der Waals surface area contributed by atoms with E-state index in [1.807, 2.05) is 12.1 Å². The molecular weight excluding hydrogens is 374 g/mol. The Morgan fingerprint density at radius 1 is 1.17 bits per heavy atom. The SMILES string of the molecule is COc1cc(NC(=O)NCc2ccnc(N3CCOCC3)c2)ccc1NC(C)=O. The third-order valence-corrected chi connectivity index (χ3v) is 4.37. The van der Waals surface area contributed by atoms with Gasteiger partial charge in [-0.1, -0.05) is 0 Å². The van der Waals surface area contributed by atoms with Gasteiger partial charge in [0.1, 0.15) is 11.6 Å². The zero-order valence-corrected chi connectivity index (χ0v) is 16.5. The van der Waals surface area contributed by atoms with Gasteiger partial charge in [-0.05, 0) is 29.8 Å². The van der Waals surface area contributed by atoms with Crippen molar-refractivity contribution in [3.8, 4) is 5.75 Å². The summed E-state index contributed by atoms with van der Waals surface area (Å²) in [6, 6.07) is 8.51. The molecule has 0 atom stereocenters. The van der Waals surface area contributed by atoms with Crippen molar-refractivity contribution in [1.82, 2.24) is 10.3 Å². The number of hydrogen-bond acceptors (Lipinski definition) is 6. The molecule has 0 radical (unpaired) electrons. The average Bonchev–Trinajstić information content (AvgIpc) is 2.74. The lowest BCUT2D eigenvalue weighted by atomic mass is 10.2. The fourth-order valence-corrected chi connectivity index (χ4v) is 2.96. The molecule has 3 rings (SSSR count). The Morgan fingerprint density at radius 3 is 2.69 bits per heavy atom. The fourth-order valence-electron chi connectivity index (χ4n) is 2.96. The number of hydrogen-bond donors (Lipinski definition) is 3. The lowest BCUT2D eigenvalue weighted by Crippen LogP contribution is -2.36. The Hall–Kier alpha value is -3.33. The fraction of sp³-hybridized carbons (Fsp3) is 0.350. The van der Waals surface area contributed by atoms with Crippen LogP contribution >= 0.6 is 0 Å². The van der Waals surface area contributed by atoms with Gasteiger partial charge in [0.15, 0.2) is 0 Å². The minimum absolute atomic E-state index is 0.199. The molecular formula is C20H25N5O4. The monoisotopic (exact) mass is 399 g/mol. The highest BCUT2D eigenvalue weighted by atomic mass is 16.5. The number of aromatic nitrogens is 1. The van der Waals surface area contributed by atoms with Gasteiger partial charge in [-0.25, -0.2) is 9.78 Å². The van der Waals surface area contributed by atoms with Gasteiger partial charge in [0.2, 0.25) is 5.91 Å². The van der Waals surface area contributed by atoms with Crippen LogP contribution < -0.4 is 25.6 Å². The van der Waals surface area contributed by atoms with E-state index in [0.29, 0.717) is 36.9 Å². The number of carbonyl (C=O) groups is 2. The molecule has 3 N–H and O–H groups in total. The minimum Gasteiger partial charge on any atom is -0.494 e. The molecule has 29 heavy (non-hydrogen) atoms. The van der Waals surface area contributed by atoms with Crippen LogP contribution in [-0.4, -0.2) is 50.3 Å². The second-order valence-electron chi connectivity index (χ2n) is 6.53. The van der Waals surface area contributed by atoms with E-state index in [4.69, 9.17) is 9.47 Å². The highest BCUT2D eigenvalue weighted by Crippen LogP contribution is 2.27. The maximum Gasteiger partial charge on any atom is 0.319 e. The lowest BCUT2D eigenvalue weighted by Gasteiger charge is -2.28. The maximum absolute atomic E-state index is 12.3. The molecule has 1 aromatic heterocycles. The van der Waals surface area contributed by atoms with Gasteiger partial charge >= 0.3 is 6.03 Å². The summed E-state index contributed by atoms with van der Waals surface area (Å²) in [7, 11) is 1.50. The van der Waals surface area contributed by atoms with E-state index in [-0.39, 0.29) is 11.9 Å². The molecule has 0 aliphatic carbocycles. The Morgan fingerprint density at radius 2 is 1.97 bits per heavy atom. The number of urea groups is 1. The molecule has 9 heteroatoms. The van der Waals surface area contributed by atoms with E-state index in [0.717, 1.165) is 24.5 Å². The van der Waals surface area contributed by atoms with Crippen molar-refractivity contribution >= 4 is 29.1 Å². The minimum atomic E-state index is -0.343. The maximum atomic E-state index is 12.3. The van der Waals surface area contributed by atoms with Gasteiger partial charge < -0.3 is 30.3 Å². The Kier molecular flexibility index (Phi) is 6.85. The number of anilines is 3. The zero-order valence-electron chi connectivity index (χ0n) is 16.5. The van der Waals surface area contributed by atoms with E-state index in [1.54, 1.807) is 24.4 Å². The van der Waals surface area contributed by atoms with Crippen molar-refractivity contribution in [2.75, 3.05) is 48.9 Å². The molecule has 0 bridgehead atoms. The summed E-state index contributed by atoms with van der Waals surface area (Å²) in [6.45, 7) is 4.78. The van der Waals surface area contributed by atoms with Crippen LogP contribution in [0.25, 0.3) is 0 Å². The van der Waals surface area contributed by atoms with Crippen molar-refractivity contribution in [3.05, 3.63) is 42.1 Å². The summed E-state index contributed by atoms with van der Waals surface area (Å²) >= 11 is 0. The zero-order chi connectivity index (χ0) is 20.6. The van der Waals surface area contributed by atoms with Gasteiger partial charge in [0.25, 0.3) is 0 Å². The van der Waals surface area contributed by atoms with Crippen molar-refractivity contribution in [2.45, 2.75) is 13.5 Å². The van der Waals surface area contributed by atoms with Crippen LogP contribution in [-0.2, 0) is 16.1 Å². The molecule has 0 saturated carbocycles. The molecule has 1 aliphatic heterocycles. The molecule has 2 heterocycles. The topological polar surface area (TPSA) is 105 Å². The summed E-state index contributed by atoms with van der Waals surface area (Å²) in [6.07, 6.45) is 1.74. The molecule has 2 aromatic rings. The van der Waals surface area contributed by atoms with Crippen molar-refractivity contribution in [1.29, 1.82) is 0 Å². The molecule has 0 unspecified atom stereocenters. The van der Waals surface area contributed by atoms with Crippen LogP contribution in [0.5, 0.6) is 5.75 Å². The quantitative estimate of drug-likeness (QED) is 0.688. The van der Waals surface area contributed by atoms with Gasteiger partial charge in [0.05, 0.1) is 26.0 Å². The standard InChI is InChI=1S/C20H25N5O4/c1-14(26)23-17-4-3-16(12-18(17)28-2)24-20(27)22-13-15-5-6-21-19(11-15)25-7-9-29-10-8-25/h3-6,11-12H,7-10,13H2,1-2H3,(H,23,26)(H2,22,24,27). The van der Waals surface area contributed by atoms with Crippen molar-refractivity contribution in [2.24, 2.45) is 0 Å². The smallest absolute Gasteiger partial charge is 0.319 e. The summed E-state index contributed by atoms with van der Waals surface area (Å²) in [5.74, 6) is 1.14. The van der Waals surface area contributed by atoms with Crippen LogP contribution in [0, 0.1) is 0 Å². The first-order chi connectivity index (χ1) is 14.0. The lowest BCUT2D eigenvalue weighted by molar-refractivity contribution is -0.114. The van der Waals surface area contributed by atoms with Gasteiger partial charge in [-0.15, -0.1) is 0 Å². The number of rotatable bonds is 6. The number of nitrogens with one attached hydrogen (secondary N) is 3. The third kappa shape index (κ3) is 5.82. The third-order valence-electron chi connectivity index (χ3n) is 4.37. The molecule has 3 amide bonds. The number of benzene rings is 1. The van der Waals surface area contributed by atoms with Gasteiger partial charge in [0, 0.05) is 44.5 Å². The Bertz CT molecular complexity index is 868. The van der Waals surface area contributed by atoms with Crippen molar-refractivity contribution in [3.63, 3.8) is 0 Å². The van der Waals surface area contributed by atoms with E-state index in [2.05, 4.69) is 25.8 Å². The molecule has 0 spiro atoms. The summed E-state index contributed by atoms with van der Waals surface area (Å²) < 4.78 is 10.6. The second-order valence-corrected chi connectivity index (χ2v) is 6.53. The number of nitrogens with zero attached hydrogens (tertiary/aromatic N) is 2. The number of ether oxygens (including phenoxy) is 2. The average molecular weight is 399 g/mol. The summed E-state index contributed by atoms with van der Waals surface area (Å²) in [4.78, 5) is 30.1. The van der Waals surface area contributed by atoms with Crippen molar-refractivity contribution < 1.29 is 19.1 Å². The van der Waals surface area contributed by atoms with E-state index < -0.39 is 0 Å². The molecule has 1 saturated heterocycles. The van der Waals surface area contributed by atoms with Crippen LogP contribution in [0.4, 0.5) is 22.0 Å². The molecule has 1 fully saturated rings. The predicted molar refractivity (Wildman–Crippen MR) is 110 cm³/mol. The first kappa shape index (κ1) is 20.4. The summed E-state index contributed by atoms with van der Waals surface area (Å²) in [5, 5.41) is 8.26. The van der Waals surface area contributed by atoms with E-state index in [1.165, 1.54) is 14.0 Å².